The molecule has 1 aromatic carbocycles. The van der Waals surface area contributed by atoms with Crippen LogP contribution in [0.4, 0.5) is 11.8 Å². The van der Waals surface area contributed by atoms with Crippen LogP contribution < -0.4 is 9.80 Å². The number of aromatic nitrogens is 4. The van der Waals surface area contributed by atoms with E-state index in [0.717, 1.165) is 33.4 Å². The summed E-state index contributed by atoms with van der Waals surface area (Å²) in [4.78, 5) is 32.4. The van der Waals surface area contributed by atoms with Crippen molar-refractivity contribution in [1.82, 2.24) is 24.4 Å². The molecule has 1 aliphatic heterocycles. The van der Waals surface area contributed by atoms with E-state index in [0.29, 0.717) is 44.2 Å². The number of para-hydroxylation sites is 1. The third kappa shape index (κ3) is 4.29. The van der Waals surface area contributed by atoms with Crippen LogP contribution in [-0.2, 0) is 11.3 Å². The standard InChI is InChI=1S/C27H33N7O2/c1-17(2)34-16-22-24(26(34)36)29-27(33-12-10-32(11-13-33)19(4)35)30-25(22)31(5)15-21-14-20-8-6-7-9-23(20)28-18(21)3/h6-9,14,16-17,36H,10-13,15H2,1-5H3. The maximum atomic E-state index is 11.8. The summed E-state index contributed by atoms with van der Waals surface area (Å²) in [5, 5.41) is 12.9. The van der Waals surface area contributed by atoms with Gasteiger partial charge in [0.1, 0.15) is 11.3 Å². The number of aryl methyl sites for hydroxylation is 1. The maximum Gasteiger partial charge on any atom is 0.228 e. The van der Waals surface area contributed by atoms with Crippen LogP contribution >= 0.6 is 0 Å². The van der Waals surface area contributed by atoms with Crippen LogP contribution in [0.2, 0.25) is 0 Å². The number of hydrogen-bond donors (Lipinski definition) is 1. The Morgan fingerprint density at radius 1 is 1.11 bits per heavy atom. The minimum absolute atomic E-state index is 0.0758. The monoisotopic (exact) mass is 487 g/mol. The Kier molecular flexibility index (Phi) is 6.15. The van der Waals surface area contributed by atoms with Gasteiger partial charge in [0.25, 0.3) is 0 Å². The van der Waals surface area contributed by atoms with E-state index >= 15 is 0 Å². The minimum Gasteiger partial charge on any atom is -0.493 e. The van der Waals surface area contributed by atoms with Crippen molar-refractivity contribution in [3.63, 3.8) is 0 Å². The van der Waals surface area contributed by atoms with Crippen molar-refractivity contribution in [3.8, 4) is 5.88 Å². The van der Waals surface area contributed by atoms with E-state index in [1.807, 2.05) is 61.7 Å². The lowest BCUT2D eigenvalue weighted by Crippen LogP contribution is -2.48. The van der Waals surface area contributed by atoms with Crippen molar-refractivity contribution in [2.24, 2.45) is 0 Å². The molecule has 5 rings (SSSR count). The molecule has 0 saturated carbocycles. The van der Waals surface area contributed by atoms with Crippen LogP contribution in [0.3, 0.4) is 0 Å². The molecule has 1 amide bonds. The first kappa shape index (κ1) is 23.8. The second kappa shape index (κ2) is 9.29. The predicted octanol–water partition coefficient (Wildman–Crippen LogP) is 3.88. The second-order valence-corrected chi connectivity index (χ2v) is 9.84. The molecule has 1 N–H and O–H groups in total. The molecule has 0 radical (unpaired) electrons. The number of carbonyl (C=O) groups is 1. The number of fused-ring (bicyclic) bond motifs is 2. The Hall–Kier alpha value is -3.88. The van der Waals surface area contributed by atoms with E-state index in [-0.39, 0.29) is 17.8 Å². The zero-order valence-corrected chi connectivity index (χ0v) is 21.6. The number of aromatic hydroxyl groups is 1. The first-order valence-corrected chi connectivity index (χ1v) is 12.4. The van der Waals surface area contributed by atoms with Gasteiger partial charge in [-0.2, -0.15) is 4.98 Å². The van der Waals surface area contributed by atoms with Gasteiger partial charge in [-0.05, 0) is 38.5 Å². The van der Waals surface area contributed by atoms with Crippen molar-refractivity contribution in [3.05, 3.63) is 47.8 Å². The molecule has 0 unspecified atom stereocenters. The molecule has 1 saturated heterocycles. The van der Waals surface area contributed by atoms with E-state index in [9.17, 15) is 9.90 Å². The molecule has 0 aliphatic carbocycles. The first-order valence-electron chi connectivity index (χ1n) is 12.4. The van der Waals surface area contributed by atoms with Crippen molar-refractivity contribution >= 4 is 39.5 Å². The molecular weight excluding hydrogens is 454 g/mol. The van der Waals surface area contributed by atoms with Gasteiger partial charge in [0.05, 0.1) is 10.9 Å². The highest BCUT2D eigenvalue weighted by Crippen LogP contribution is 2.36. The van der Waals surface area contributed by atoms with Crippen molar-refractivity contribution in [1.29, 1.82) is 0 Å². The van der Waals surface area contributed by atoms with E-state index in [2.05, 4.69) is 21.9 Å². The van der Waals surface area contributed by atoms with E-state index in [4.69, 9.17) is 15.0 Å². The molecule has 9 nitrogen and oxygen atoms in total. The van der Waals surface area contributed by atoms with Crippen molar-refractivity contribution < 1.29 is 9.90 Å². The summed E-state index contributed by atoms with van der Waals surface area (Å²) in [6.45, 7) is 10.9. The molecule has 4 heterocycles. The largest absolute Gasteiger partial charge is 0.493 e. The molecule has 0 bridgehead atoms. The summed E-state index contributed by atoms with van der Waals surface area (Å²) < 4.78 is 1.83. The molecule has 9 heteroatoms. The zero-order valence-electron chi connectivity index (χ0n) is 21.6. The molecular formula is C27H33N7O2. The summed E-state index contributed by atoms with van der Waals surface area (Å²) in [7, 11) is 2.01. The second-order valence-electron chi connectivity index (χ2n) is 9.84. The van der Waals surface area contributed by atoms with Gasteiger partial charge in [-0.1, -0.05) is 18.2 Å². The number of pyridine rings is 1. The van der Waals surface area contributed by atoms with E-state index < -0.39 is 0 Å². The minimum atomic E-state index is 0.0758. The number of benzene rings is 1. The maximum absolute atomic E-state index is 11.8. The molecule has 4 aromatic rings. The van der Waals surface area contributed by atoms with Crippen LogP contribution in [-0.4, -0.2) is 68.7 Å². The lowest BCUT2D eigenvalue weighted by atomic mass is 10.1. The first-order chi connectivity index (χ1) is 17.2. The Labute approximate surface area is 211 Å². The Balaban J connectivity index is 1.55. The average Bonchev–Trinajstić information content (AvgIpc) is 3.20. The third-order valence-electron chi connectivity index (χ3n) is 6.99. The van der Waals surface area contributed by atoms with Crippen LogP contribution in [0.25, 0.3) is 21.8 Å². The van der Waals surface area contributed by atoms with Crippen LogP contribution in [0.15, 0.2) is 36.5 Å². The molecule has 1 aliphatic rings. The van der Waals surface area contributed by atoms with Gasteiger partial charge in [-0.3, -0.25) is 9.78 Å². The lowest BCUT2D eigenvalue weighted by Gasteiger charge is -2.34. The molecule has 188 valence electrons. The topological polar surface area (TPSA) is 90.6 Å². The average molecular weight is 488 g/mol. The third-order valence-corrected chi connectivity index (χ3v) is 6.99. The summed E-state index contributed by atoms with van der Waals surface area (Å²) in [5.41, 5.74) is 3.62. The van der Waals surface area contributed by atoms with Gasteiger partial charge in [-0.15, -0.1) is 0 Å². The highest BCUT2D eigenvalue weighted by Gasteiger charge is 2.25. The van der Waals surface area contributed by atoms with Gasteiger partial charge in [0.2, 0.25) is 17.7 Å². The quantitative estimate of drug-likeness (QED) is 0.457. The molecule has 3 aromatic heterocycles. The molecule has 0 atom stereocenters. The number of nitrogens with zero attached hydrogens (tertiary/aromatic N) is 7. The number of rotatable bonds is 5. The van der Waals surface area contributed by atoms with Gasteiger partial charge in [0.15, 0.2) is 0 Å². The van der Waals surface area contributed by atoms with Crippen molar-refractivity contribution in [2.75, 3.05) is 43.0 Å². The van der Waals surface area contributed by atoms with Gasteiger partial charge >= 0.3 is 0 Å². The smallest absolute Gasteiger partial charge is 0.228 e. The summed E-state index contributed by atoms with van der Waals surface area (Å²) in [5.74, 6) is 1.55. The summed E-state index contributed by atoms with van der Waals surface area (Å²) in [6.07, 6.45) is 1.93. The van der Waals surface area contributed by atoms with Gasteiger partial charge in [-0.25, -0.2) is 4.98 Å². The predicted molar refractivity (Wildman–Crippen MR) is 143 cm³/mol. The fourth-order valence-corrected chi connectivity index (χ4v) is 4.85. The molecule has 1 fully saturated rings. The van der Waals surface area contributed by atoms with Crippen LogP contribution in [0.5, 0.6) is 5.88 Å². The fraction of sp³-hybridized carbons (Fsp3) is 0.407. The van der Waals surface area contributed by atoms with E-state index in [1.54, 1.807) is 6.92 Å². The number of hydrogen-bond acceptors (Lipinski definition) is 7. The lowest BCUT2D eigenvalue weighted by molar-refractivity contribution is -0.129. The summed E-state index contributed by atoms with van der Waals surface area (Å²) in [6, 6.07) is 10.4. The zero-order chi connectivity index (χ0) is 25.6. The normalized spacial score (nSPS) is 14.3. The number of anilines is 2. The SMILES string of the molecule is CC(=O)N1CCN(c2nc(N(C)Cc3cc4ccccc4nc3C)c3cn(C(C)C)c(O)c3n2)CC1. The Bertz CT molecular complexity index is 1440. The Morgan fingerprint density at radius 3 is 2.53 bits per heavy atom. The Morgan fingerprint density at radius 2 is 1.83 bits per heavy atom. The fourth-order valence-electron chi connectivity index (χ4n) is 4.85. The van der Waals surface area contributed by atoms with Crippen LogP contribution in [0.1, 0.15) is 38.1 Å². The van der Waals surface area contributed by atoms with Crippen molar-refractivity contribution in [2.45, 2.75) is 40.3 Å². The number of piperazine rings is 1. The van der Waals surface area contributed by atoms with E-state index in [1.165, 1.54) is 0 Å². The highest BCUT2D eigenvalue weighted by molar-refractivity contribution is 5.94. The number of carbonyl (C=O) groups excluding carboxylic acids is 1. The summed E-state index contributed by atoms with van der Waals surface area (Å²) >= 11 is 0. The molecule has 36 heavy (non-hydrogen) atoms. The van der Waals surface area contributed by atoms with Gasteiger partial charge < -0.3 is 24.4 Å². The van der Waals surface area contributed by atoms with Crippen LogP contribution in [0, 0.1) is 6.92 Å². The number of amides is 1. The molecule has 0 spiro atoms. The van der Waals surface area contributed by atoms with Gasteiger partial charge in [0, 0.05) is 70.0 Å². The highest BCUT2D eigenvalue weighted by atomic mass is 16.3.